The molecule has 2 aromatic carbocycles. The number of carbonyl (C=O) groups excluding carboxylic acids is 1. The van der Waals surface area contributed by atoms with Gasteiger partial charge in [-0.15, -0.1) is 0 Å². The zero-order valence-electron chi connectivity index (χ0n) is 21.7. The molecule has 1 amide bonds. The van der Waals surface area contributed by atoms with E-state index in [4.69, 9.17) is 9.15 Å². The molecule has 0 aliphatic carbocycles. The van der Waals surface area contributed by atoms with Crippen molar-refractivity contribution in [2.75, 3.05) is 5.32 Å². The Morgan fingerprint density at radius 1 is 1.11 bits per heavy atom. The summed E-state index contributed by atoms with van der Waals surface area (Å²) in [6.45, 7) is 8.09. The van der Waals surface area contributed by atoms with Crippen LogP contribution in [-0.2, 0) is 19.3 Å². The predicted molar refractivity (Wildman–Crippen MR) is 138 cm³/mol. The largest absolute Gasteiger partial charge is 0.486 e. The van der Waals surface area contributed by atoms with E-state index in [1.54, 1.807) is 36.7 Å². The maximum Gasteiger partial charge on any atom is 0.416 e. The summed E-state index contributed by atoms with van der Waals surface area (Å²) in [4.78, 5) is 12.9. The standard InChI is InChI=1S/C29H30F3N3O3/c1-5-18(2)22-9-11-24(12-10-22)37-17-25-13-14-26(38-25)28(36)33-27-19(3)34-35(20(27)4)16-21-7-6-8-23(15-21)29(30,31)32/h6-15,18H,5,16-17H2,1-4H3,(H,33,36). The predicted octanol–water partition coefficient (Wildman–Crippen LogP) is 7.50. The Bertz CT molecular complexity index is 1400. The molecule has 38 heavy (non-hydrogen) atoms. The second-order valence-electron chi connectivity index (χ2n) is 9.29. The first-order valence-corrected chi connectivity index (χ1v) is 12.4. The van der Waals surface area contributed by atoms with E-state index >= 15 is 0 Å². The molecule has 0 saturated carbocycles. The first-order chi connectivity index (χ1) is 18.0. The Labute approximate surface area is 219 Å². The van der Waals surface area contributed by atoms with Crippen LogP contribution in [0.1, 0.15) is 70.6 Å². The minimum absolute atomic E-state index is 0.111. The lowest BCUT2D eigenvalue weighted by Crippen LogP contribution is -2.13. The monoisotopic (exact) mass is 525 g/mol. The normalized spacial score (nSPS) is 12.4. The van der Waals surface area contributed by atoms with Crippen molar-refractivity contribution in [3.05, 3.63) is 100 Å². The number of halogens is 3. The van der Waals surface area contributed by atoms with E-state index in [9.17, 15) is 18.0 Å². The Morgan fingerprint density at radius 3 is 2.53 bits per heavy atom. The first kappa shape index (κ1) is 27.0. The summed E-state index contributed by atoms with van der Waals surface area (Å²) in [6.07, 6.45) is -3.36. The molecule has 6 nitrogen and oxygen atoms in total. The van der Waals surface area contributed by atoms with E-state index < -0.39 is 17.6 Å². The molecule has 0 bridgehead atoms. The third-order valence-electron chi connectivity index (χ3n) is 6.53. The number of carbonyl (C=O) groups is 1. The number of aromatic nitrogens is 2. The smallest absolute Gasteiger partial charge is 0.416 e. The van der Waals surface area contributed by atoms with Gasteiger partial charge < -0.3 is 14.5 Å². The van der Waals surface area contributed by atoms with Crippen molar-refractivity contribution in [3.63, 3.8) is 0 Å². The highest BCUT2D eigenvalue weighted by atomic mass is 19.4. The fourth-order valence-corrected chi connectivity index (χ4v) is 4.09. The lowest BCUT2D eigenvalue weighted by Gasteiger charge is -2.10. The van der Waals surface area contributed by atoms with Gasteiger partial charge in [0.15, 0.2) is 5.76 Å². The van der Waals surface area contributed by atoms with Gasteiger partial charge in [0, 0.05) is 0 Å². The maximum absolute atomic E-state index is 13.1. The summed E-state index contributed by atoms with van der Waals surface area (Å²) in [7, 11) is 0. The van der Waals surface area contributed by atoms with Gasteiger partial charge in [0.2, 0.25) is 0 Å². The molecule has 1 atom stereocenters. The van der Waals surface area contributed by atoms with E-state index in [-0.39, 0.29) is 18.9 Å². The van der Waals surface area contributed by atoms with Crippen molar-refractivity contribution in [1.82, 2.24) is 9.78 Å². The Balaban J connectivity index is 1.39. The number of amides is 1. The molecule has 0 aliphatic rings. The van der Waals surface area contributed by atoms with Crippen LogP contribution in [0.2, 0.25) is 0 Å². The molecule has 1 N–H and O–H groups in total. The van der Waals surface area contributed by atoms with Crippen molar-refractivity contribution in [1.29, 1.82) is 0 Å². The highest BCUT2D eigenvalue weighted by Crippen LogP contribution is 2.30. The lowest BCUT2D eigenvalue weighted by atomic mass is 9.99. The highest BCUT2D eigenvalue weighted by molar-refractivity contribution is 6.02. The fourth-order valence-electron chi connectivity index (χ4n) is 4.09. The molecule has 0 radical (unpaired) electrons. The second kappa shape index (κ2) is 11.2. The van der Waals surface area contributed by atoms with Crippen molar-refractivity contribution in [2.24, 2.45) is 0 Å². The van der Waals surface area contributed by atoms with E-state index in [2.05, 4.69) is 24.3 Å². The van der Waals surface area contributed by atoms with Crippen LogP contribution >= 0.6 is 0 Å². The average molecular weight is 526 g/mol. The van der Waals surface area contributed by atoms with E-state index in [1.165, 1.54) is 11.6 Å². The number of aryl methyl sites for hydroxylation is 1. The van der Waals surface area contributed by atoms with Crippen molar-refractivity contribution >= 4 is 11.6 Å². The second-order valence-corrected chi connectivity index (χ2v) is 9.29. The Kier molecular flexibility index (Phi) is 7.94. The number of anilines is 1. The number of nitrogens with zero attached hydrogens (tertiary/aromatic N) is 2. The van der Waals surface area contributed by atoms with Crippen LogP contribution in [0.5, 0.6) is 5.75 Å². The SMILES string of the molecule is CCC(C)c1ccc(OCc2ccc(C(=O)Nc3c(C)nn(Cc4cccc(C(F)(F)F)c4)c3C)o2)cc1. The number of alkyl halides is 3. The van der Waals surface area contributed by atoms with Gasteiger partial charge in [0.1, 0.15) is 18.1 Å². The summed E-state index contributed by atoms with van der Waals surface area (Å²) >= 11 is 0. The fraction of sp³-hybridized carbons (Fsp3) is 0.310. The average Bonchev–Trinajstić information content (AvgIpc) is 3.47. The van der Waals surface area contributed by atoms with Gasteiger partial charge >= 0.3 is 6.18 Å². The number of furan rings is 1. The van der Waals surface area contributed by atoms with E-state index in [0.29, 0.717) is 40.1 Å². The summed E-state index contributed by atoms with van der Waals surface area (Å²) in [5, 5.41) is 7.21. The quantitative estimate of drug-likeness (QED) is 0.246. The number of ether oxygens (including phenoxy) is 1. The number of hydrogen-bond acceptors (Lipinski definition) is 4. The third-order valence-corrected chi connectivity index (χ3v) is 6.53. The Morgan fingerprint density at radius 2 is 1.84 bits per heavy atom. The maximum atomic E-state index is 13.1. The molecule has 0 saturated heterocycles. The van der Waals surface area contributed by atoms with Crippen LogP contribution in [0.15, 0.2) is 65.1 Å². The van der Waals surface area contributed by atoms with Crippen LogP contribution in [-0.4, -0.2) is 15.7 Å². The van der Waals surface area contributed by atoms with Crippen LogP contribution in [0.25, 0.3) is 0 Å². The molecule has 2 aromatic heterocycles. The van der Waals surface area contributed by atoms with Crippen LogP contribution < -0.4 is 10.1 Å². The number of benzene rings is 2. The van der Waals surface area contributed by atoms with Gasteiger partial charge in [-0.25, -0.2) is 0 Å². The minimum atomic E-state index is -4.42. The number of nitrogens with one attached hydrogen (secondary N) is 1. The molecule has 0 spiro atoms. The van der Waals surface area contributed by atoms with Gasteiger partial charge in [0.25, 0.3) is 5.91 Å². The molecule has 4 aromatic rings. The molecule has 0 aliphatic heterocycles. The summed E-state index contributed by atoms with van der Waals surface area (Å²) < 4.78 is 52.2. The van der Waals surface area contributed by atoms with Crippen LogP contribution in [0.3, 0.4) is 0 Å². The molecule has 0 fully saturated rings. The van der Waals surface area contributed by atoms with Crippen LogP contribution in [0.4, 0.5) is 18.9 Å². The molecular weight excluding hydrogens is 495 g/mol. The van der Waals surface area contributed by atoms with Gasteiger partial charge in [0.05, 0.1) is 29.2 Å². The van der Waals surface area contributed by atoms with Crippen molar-refractivity contribution < 1.29 is 27.1 Å². The third kappa shape index (κ3) is 6.27. The first-order valence-electron chi connectivity index (χ1n) is 12.4. The summed E-state index contributed by atoms with van der Waals surface area (Å²) in [5.74, 6) is 1.34. The molecule has 4 rings (SSSR count). The van der Waals surface area contributed by atoms with Crippen LogP contribution in [0, 0.1) is 13.8 Å². The molecular formula is C29H30F3N3O3. The molecule has 2 heterocycles. The van der Waals surface area contributed by atoms with Gasteiger partial charge in [-0.1, -0.05) is 38.1 Å². The van der Waals surface area contributed by atoms with Crippen molar-refractivity contribution in [3.8, 4) is 5.75 Å². The molecule has 1 unspecified atom stereocenters. The topological polar surface area (TPSA) is 69.3 Å². The number of rotatable bonds is 9. The number of hydrogen-bond donors (Lipinski definition) is 1. The summed E-state index contributed by atoms with van der Waals surface area (Å²) in [6, 6.07) is 16.3. The Hall–Kier alpha value is -4.01. The summed E-state index contributed by atoms with van der Waals surface area (Å²) in [5.41, 5.74) is 2.63. The zero-order chi connectivity index (χ0) is 27.4. The van der Waals surface area contributed by atoms with E-state index in [0.717, 1.165) is 18.6 Å². The highest BCUT2D eigenvalue weighted by Gasteiger charge is 2.30. The molecule has 9 heteroatoms. The van der Waals surface area contributed by atoms with Gasteiger partial charge in [-0.05, 0) is 73.7 Å². The molecule has 200 valence electrons. The van der Waals surface area contributed by atoms with Gasteiger partial charge in [-0.3, -0.25) is 9.48 Å². The lowest BCUT2D eigenvalue weighted by molar-refractivity contribution is -0.137. The minimum Gasteiger partial charge on any atom is -0.486 e. The zero-order valence-corrected chi connectivity index (χ0v) is 21.7. The van der Waals surface area contributed by atoms with Crippen molar-refractivity contribution in [2.45, 2.75) is 59.4 Å². The van der Waals surface area contributed by atoms with Gasteiger partial charge in [-0.2, -0.15) is 18.3 Å². The van der Waals surface area contributed by atoms with E-state index in [1.807, 2.05) is 24.3 Å².